The lowest BCUT2D eigenvalue weighted by Crippen LogP contribution is -2.11. The fraction of sp³-hybridized carbons (Fsp3) is 0.167. The predicted molar refractivity (Wildman–Crippen MR) is 74.2 cm³/mol. The molecule has 0 amide bonds. The third-order valence-corrected chi connectivity index (χ3v) is 4.38. The summed E-state index contributed by atoms with van der Waals surface area (Å²) < 4.78 is 22.2. The van der Waals surface area contributed by atoms with Crippen LogP contribution < -0.4 is 10.5 Å². The first-order valence-corrected chi connectivity index (χ1v) is 7.73. The average molecular weight is 282 g/mol. The van der Waals surface area contributed by atoms with E-state index in [1.165, 1.54) is 21.9 Å². The van der Waals surface area contributed by atoms with E-state index in [0.717, 1.165) is 12.2 Å². The molecular weight excluding hydrogens is 268 g/mol. The number of anilines is 1. The Morgan fingerprint density at radius 2 is 1.83 bits per heavy atom. The van der Waals surface area contributed by atoms with Gasteiger partial charge in [-0.15, -0.1) is 11.3 Å². The number of aryl methyl sites for hydroxylation is 1. The van der Waals surface area contributed by atoms with Crippen molar-refractivity contribution < 1.29 is 8.42 Å². The zero-order valence-electron chi connectivity index (χ0n) is 9.88. The van der Waals surface area contributed by atoms with Gasteiger partial charge < -0.3 is 5.32 Å². The van der Waals surface area contributed by atoms with Crippen LogP contribution in [0.5, 0.6) is 0 Å². The van der Waals surface area contributed by atoms with E-state index in [4.69, 9.17) is 5.14 Å². The average Bonchev–Trinajstić information content (AvgIpc) is 2.72. The molecule has 96 valence electrons. The van der Waals surface area contributed by atoms with Crippen molar-refractivity contribution in [2.45, 2.75) is 18.4 Å². The SMILES string of the molecule is Cc1ccc(CNc2ccc(S(N)(=O)=O)cc2)s1. The minimum Gasteiger partial charge on any atom is -0.380 e. The zero-order chi connectivity index (χ0) is 13.2. The predicted octanol–water partition coefficient (Wildman–Crippen LogP) is 2.32. The molecule has 0 radical (unpaired) electrons. The third kappa shape index (κ3) is 3.32. The summed E-state index contributed by atoms with van der Waals surface area (Å²) in [7, 11) is -3.61. The summed E-state index contributed by atoms with van der Waals surface area (Å²) in [6.07, 6.45) is 0. The highest BCUT2D eigenvalue weighted by molar-refractivity contribution is 7.89. The van der Waals surface area contributed by atoms with Gasteiger partial charge in [-0.2, -0.15) is 0 Å². The van der Waals surface area contributed by atoms with Crippen molar-refractivity contribution in [1.29, 1.82) is 0 Å². The third-order valence-electron chi connectivity index (χ3n) is 2.45. The number of nitrogens with one attached hydrogen (secondary N) is 1. The van der Waals surface area contributed by atoms with E-state index in [1.54, 1.807) is 23.5 Å². The molecule has 0 atom stereocenters. The molecular formula is C12H14N2O2S2. The first-order chi connectivity index (χ1) is 8.45. The monoisotopic (exact) mass is 282 g/mol. The van der Waals surface area contributed by atoms with E-state index in [1.807, 2.05) is 0 Å². The van der Waals surface area contributed by atoms with Gasteiger partial charge in [-0.1, -0.05) is 0 Å². The van der Waals surface area contributed by atoms with Crippen molar-refractivity contribution in [3.63, 3.8) is 0 Å². The maximum atomic E-state index is 11.1. The highest BCUT2D eigenvalue weighted by Gasteiger charge is 2.06. The fourth-order valence-corrected chi connectivity index (χ4v) is 2.88. The standard InChI is InChI=1S/C12H14N2O2S2/c1-9-2-5-11(17-9)8-14-10-3-6-12(7-4-10)18(13,15)16/h2-7,14H,8H2,1H3,(H2,13,15,16). The second kappa shape index (κ2) is 5.09. The number of benzene rings is 1. The van der Waals surface area contributed by atoms with Crippen molar-refractivity contribution >= 4 is 27.0 Å². The Kier molecular flexibility index (Phi) is 3.70. The van der Waals surface area contributed by atoms with Gasteiger partial charge >= 0.3 is 0 Å². The van der Waals surface area contributed by atoms with Gasteiger partial charge in [-0.3, -0.25) is 0 Å². The van der Waals surface area contributed by atoms with Crippen LogP contribution in [0.1, 0.15) is 9.75 Å². The van der Waals surface area contributed by atoms with Crippen LogP contribution >= 0.6 is 11.3 Å². The van der Waals surface area contributed by atoms with Crippen molar-refractivity contribution in [1.82, 2.24) is 0 Å². The highest BCUT2D eigenvalue weighted by Crippen LogP contribution is 2.18. The number of hydrogen-bond donors (Lipinski definition) is 2. The Morgan fingerprint density at radius 1 is 1.17 bits per heavy atom. The Balaban J connectivity index is 2.03. The first-order valence-electron chi connectivity index (χ1n) is 5.37. The molecule has 4 nitrogen and oxygen atoms in total. The van der Waals surface area contributed by atoms with E-state index in [9.17, 15) is 8.42 Å². The number of rotatable bonds is 4. The van der Waals surface area contributed by atoms with Crippen molar-refractivity contribution in [2.24, 2.45) is 5.14 Å². The van der Waals surface area contributed by atoms with Crippen molar-refractivity contribution in [2.75, 3.05) is 5.32 Å². The van der Waals surface area contributed by atoms with Crippen LogP contribution in [0.25, 0.3) is 0 Å². The lowest BCUT2D eigenvalue weighted by molar-refractivity contribution is 0.598. The summed E-state index contributed by atoms with van der Waals surface area (Å²) in [6, 6.07) is 10.6. The number of hydrogen-bond acceptors (Lipinski definition) is 4. The van der Waals surface area contributed by atoms with Crippen molar-refractivity contribution in [3.8, 4) is 0 Å². The maximum absolute atomic E-state index is 11.1. The summed E-state index contributed by atoms with van der Waals surface area (Å²) in [5.74, 6) is 0. The molecule has 2 rings (SSSR count). The van der Waals surface area contributed by atoms with Gasteiger partial charge in [0.25, 0.3) is 0 Å². The zero-order valence-corrected chi connectivity index (χ0v) is 11.5. The fourth-order valence-electron chi connectivity index (χ4n) is 1.53. The number of primary sulfonamides is 1. The molecule has 0 aliphatic rings. The van der Waals surface area contributed by atoms with Gasteiger partial charge in [0.1, 0.15) is 0 Å². The molecule has 3 N–H and O–H groups in total. The maximum Gasteiger partial charge on any atom is 0.238 e. The minimum atomic E-state index is -3.61. The van der Waals surface area contributed by atoms with E-state index in [-0.39, 0.29) is 4.90 Å². The number of nitrogens with two attached hydrogens (primary N) is 1. The van der Waals surface area contributed by atoms with Crippen LogP contribution in [0.15, 0.2) is 41.3 Å². The van der Waals surface area contributed by atoms with E-state index >= 15 is 0 Å². The quantitative estimate of drug-likeness (QED) is 0.904. The number of sulfonamides is 1. The van der Waals surface area contributed by atoms with Crippen LogP contribution in [0.2, 0.25) is 0 Å². The summed E-state index contributed by atoms with van der Waals surface area (Å²) >= 11 is 1.74. The molecule has 0 saturated heterocycles. The van der Waals surface area contributed by atoms with Gasteiger partial charge in [0.15, 0.2) is 0 Å². The van der Waals surface area contributed by atoms with Crippen molar-refractivity contribution in [3.05, 3.63) is 46.2 Å². The summed E-state index contributed by atoms with van der Waals surface area (Å²) in [4.78, 5) is 2.64. The molecule has 0 bridgehead atoms. The van der Waals surface area contributed by atoms with Gasteiger partial charge in [0.2, 0.25) is 10.0 Å². The molecule has 2 aromatic rings. The summed E-state index contributed by atoms with van der Waals surface area (Å²) in [6.45, 7) is 2.79. The molecule has 0 saturated carbocycles. The van der Waals surface area contributed by atoms with Crippen LogP contribution in [0.4, 0.5) is 5.69 Å². The van der Waals surface area contributed by atoms with E-state index in [0.29, 0.717) is 0 Å². The van der Waals surface area contributed by atoms with Gasteiger partial charge in [-0.05, 0) is 43.3 Å². The molecule has 1 aromatic carbocycles. The molecule has 1 heterocycles. The molecule has 6 heteroatoms. The van der Waals surface area contributed by atoms with Gasteiger partial charge in [-0.25, -0.2) is 13.6 Å². The van der Waals surface area contributed by atoms with Crippen LogP contribution in [-0.2, 0) is 16.6 Å². The second-order valence-corrected chi connectivity index (χ2v) is 6.87. The Bertz CT molecular complexity index is 630. The number of thiophene rings is 1. The van der Waals surface area contributed by atoms with Crippen LogP contribution in [-0.4, -0.2) is 8.42 Å². The van der Waals surface area contributed by atoms with Gasteiger partial charge in [0.05, 0.1) is 4.90 Å². The Labute approximate surface area is 111 Å². The second-order valence-electron chi connectivity index (χ2n) is 3.94. The van der Waals surface area contributed by atoms with E-state index < -0.39 is 10.0 Å². The summed E-state index contributed by atoms with van der Waals surface area (Å²) in [5.41, 5.74) is 0.869. The lowest BCUT2D eigenvalue weighted by atomic mass is 10.3. The largest absolute Gasteiger partial charge is 0.380 e. The topological polar surface area (TPSA) is 72.2 Å². The molecule has 1 aromatic heterocycles. The molecule has 0 aliphatic carbocycles. The first kappa shape index (κ1) is 13.1. The molecule has 18 heavy (non-hydrogen) atoms. The lowest BCUT2D eigenvalue weighted by Gasteiger charge is -2.05. The highest BCUT2D eigenvalue weighted by atomic mass is 32.2. The molecule has 0 unspecified atom stereocenters. The Hall–Kier alpha value is -1.37. The van der Waals surface area contributed by atoms with E-state index in [2.05, 4.69) is 24.4 Å². The minimum absolute atomic E-state index is 0.125. The summed E-state index contributed by atoms with van der Waals surface area (Å²) in [5, 5.41) is 8.26. The van der Waals surface area contributed by atoms with Crippen LogP contribution in [0, 0.1) is 6.92 Å². The molecule has 0 spiro atoms. The normalized spacial score (nSPS) is 11.4. The van der Waals surface area contributed by atoms with Gasteiger partial charge in [0, 0.05) is 22.0 Å². The Morgan fingerprint density at radius 3 is 2.33 bits per heavy atom. The molecule has 0 fully saturated rings. The van der Waals surface area contributed by atoms with Crippen LogP contribution in [0.3, 0.4) is 0 Å². The molecule has 0 aliphatic heterocycles. The smallest absolute Gasteiger partial charge is 0.238 e.